The molecule has 0 spiro atoms. The number of carbonyl (C=O) groups is 2. The summed E-state index contributed by atoms with van der Waals surface area (Å²) in [5, 5.41) is 23.5. The molecule has 236 valence electrons. The first kappa shape index (κ1) is 32.5. The van der Waals surface area contributed by atoms with Crippen molar-refractivity contribution >= 4 is 23.5 Å². The van der Waals surface area contributed by atoms with E-state index in [4.69, 9.17) is 15.2 Å². The third kappa shape index (κ3) is 7.41. The molecule has 0 fully saturated rings. The first-order valence-corrected chi connectivity index (χ1v) is 13.2. The van der Waals surface area contributed by atoms with Gasteiger partial charge >= 0.3 is 6.18 Å². The van der Waals surface area contributed by atoms with Crippen LogP contribution in [0.25, 0.3) is 11.3 Å². The second kappa shape index (κ2) is 13.5. The Hall–Kier alpha value is -5.38. The van der Waals surface area contributed by atoms with Gasteiger partial charge in [0.25, 0.3) is 5.91 Å². The number of halogens is 4. The van der Waals surface area contributed by atoms with Gasteiger partial charge in [-0.2, -0.15) is 18.3 Å². The van der Waals surface area contributed by atoms with Crippen molar-refractivity contribution in [3.63, 3.8) is 0 Å². The van der Waals surface area contributed by atoms with Gasteiger partial charge in [0.05, 0.1) is 50.5 Å². The average molecular weight is 630 g/mol. The summed E-state index contributed by atoms with van der Waals surface area (Å²) < 4.78 is 68.4. The SMILES string of the molecule is CCOc1c(CC(N)=O)cc([C@@](O)(CNC(=O)c2ccc(OC)c(Nc3nccnn3)c2)C(F)(F)F)nc1-c1ccc(F)cc1. The van der Waals surface area contributed by atoms with Gasteiger partial charge in [-0.15, -0.1) is 5.10 Å². The van der Waals surface area contributed by atoms with E-state index in [2.05, 4.69) is 30.8 Å². The second-order valence-corrected chi connectivity index (χ2v) is 9.47. The number of ether oxygens (including phenoxy) is 2. The maximum atomic E-state index is 14.6. The molecule has 0 bridgehead atoms. The quantitative estimate of drug-likeness (QED) is 0.170. The lowest BCUT2D eigenvalue weighted by molar-refractivity contribution is -0.265. The number of hydrogen-bond donors (Lipinski definition) is 4. The molecule has 0 saturated heterocycles. The number of amides is 2. The molecule has 2 aromatic carbocycles. The molecule has 0 unspecified atom stereocenters. The highest BCUT2D eigenvalue weighted by atomic mass is 19.4. The van der Waals surface area contributed by atoms with Crippen LogP contribution in [0.4, 0.5) is 29.2 Å². The molecule has 0 saturated carbocycles. The molecule has 0 aliphatic heterocycles. The zero-order valence-electron chi connectivity index (χ0n) is 23.9. The van der Waals surface area contributed by atoms with Crippen LogP contribution in [0, 0.1) is 5.82 Å². The molecule has 2 heterocycles. The molecule has 0 aliphatic carbocycles. The molecule has 16 heteroatoms. The summed E-state index contributed by atoms with van der Waals surface area (Å²) >= 11 is 0. The summed E-state index contributed by atoms with van der Waals surface area (Å²) in [5.74, 6) is -2.26. The summed E-state index contributed by atoms with van der Waals surface area (Å²) in [6, 6.07) is 9.42. The van der Waals surface area contributed by atoms with Crippen LogP contribution >= 0.6 is 0 Å². The normalized spacial score (nSPS) is 12.6. The maximum absolute atomic E-state index is 14.6. The van der Waals surface area contributed by atoms with Gasteiger partial charge in [0, 0.05) is 16.7 Å². The number of nitrogens with two attached hydrogens (primary N) is 1. The number of primary amides is 1. The van der Waals surface area contributed by atoms with Crippen LogP contribution in [0.3, 0.4) is 0 Å². The maximum Gasteiger partial charge on any atom is 0.424 e. The van der Waals surface area contributed by atoms with Crippen molar-refractivity contribution in [1.82, 2.24) is 25.5 Å². The van der Waals surface area contributed by atoms with Crippen LogP contribution in [0.5, 0.6) is 11.5 Å². The van der Waals surface area contributed by atoms with Crippen molar-refractivity contribution in [2.24, 2.45) is 5.73 Å². The number of aromatic nitrogens is 4. The van der Waals surface area contributed by atoms with E-state index in [1.165, 1.54) is 49.8 Å². The molecular weight excluding hydrogens is 602 g/mol. The zero-order valence-corrected chi connectivity index (χ0v) is 23.9. The Morgan fingerprint density at radius 1 is 1.07 bits per heavy atom. The van der Waals surface area contributed by atoms with E-state index in [0.717, 1.165) is 18.2 Å². The molecule has 4 rings (SSSR count). The van der Waals surface area contributed by atoms with Gasteiger partial charge in [-0.3, -0.25) is 9.59 Å². The van der Waals surface area contributed by atoms with E-state index in [-0.39, 0.29) is 52.1 Å². The van der Waals surface area contributed by atoms with Gasteiger partial charge in [0.1, 0.15) is 23.0 Å². The molecule has 0 aliphatic rings. The van der Waals surface area contributed by atoms with E-state index in [1.807, 2.05) is 0 Å². The number of nitrogens with zero attached hydrogens (tertiary/aromatic N) is 4. The number of rotatable bonds is 12. The number of carbonyl (C=O) groups excluding carboxylic acids is 2. The van der Waals surface area contributed by atoms with Crippen LogP contribution in [-0.4, -0.2) is 63.5 Å². The molecule has 2 aromatic heterocycles. The number of alkyl halides is 3. The monoisotopic (exact) mass is 629 g/mol. The Morgan fingerprint density at radius 2 is 1.80 bits per heavy atom. The fourth-order valence-corrected chi connectivity index (χ4v) is 4.24. The number of pyridine rings is 1. The van der Waals surface area contributed by atoms with Crippen molar-refractivity contribution < 1.29 is 41.7 Å². The minimum absolute atomic E-state index is 0.0339. The number of methoxy groups -OCH3 is 1. The minimum Gasteiger partial charge on any atom is -0.495 e. The molecule has 0 radical (unpaired) electrons. The lowest BCUT2D eigenvalue weighted by Crippen LogP contribution is -2.51. The van der Waals surface area contributed by atoms with E-state index in [1.54, 1.807) is 6.92 Å². The summed E-state index contributed by atoms with van der Waals surface area (Å²) in [5.41, 5.74) is 0.566. The summed E-state index contributed by atoms with van der Waals surface area (Å²) in [6.45, 7) is 0.254. The Balaban J connectivity index is 1.74. The minimum atomic E-state index is -5.38. The van der Waals surface area contributed by atoms with Gasteiger partial charge in [-0.25, -0.2) is 14.4 Å². The Morgan fingerprint density at radius 3 is 2.40 bits per heavy atom. The van der Waals surface area contributed by atoms with Gasteiger partial charge < -0.3 is 30.9 Å². The Labute approximate surface area is 253 Å². The number of benzene rings is 2. The van der Waals surface area contributed by atoms with E-state index in [0.29, 0.717) is 0 Å². The number of hydrogen-bond acceptors (Lipinski definition) is 10. The van der Waals surface area contributed by atoms with E-state index >= 15 is 0 Å². The highest BCUT2D eigenvalue weighted by molar-refractivity contribution is 5.96. The topological polar surface area (TPSA) is 174 Å². The predicted molar refractivity (Wildman–Crippen MR) is 152 cm³/mol. The summed E-state index contributed by atoms with van der Waals surface area (Å²) in [7, 11) is 1.37. The van der Waals surface area contributed by atoms with Crippen LogP contribution in [0.2, 0.25) is 0 Å². The van der Waals surface area contributed by atoms with Crippen molar-refractivity contribution in [3.8, 4) is 22.8 Å². The molecule has 1 atom stereocenters. The number of nitrogens with one attached hydrogen (secondary N) is 2. The highest BCUT2D eigenvalue weighted by Crippen LogP contribution is 2.42. The fourth-order valence-electron chi connectivity index (χ4n) is 4.24. The first-order valence-electron chi connectivity index (χ1n) is 13.2. The molecular formula is C29H27F4N7O5. The third-order valence-electron chi connectivity index (χ3n) is 6.41. The largest absolute Gasteiger partial charge is 0.495 e. The van der Waals surface area contributed by atoms with Crippen LogP contribution in [0.1, 0.15) is 28.5 Å². The lowest BCUT2D eigenvalue weighted by atomic mass is 9.93. The lowest BCUT2D eigenvalue weighted by Gasteiger charge is -2.31. The molecule has 5 N–H and O–H groups in total. The molecule has 2 amide bonds. The van der Waals surface area contributed by atoms with Crippen LogP contribution in [0.15, 0.2) is 60.9 Å². The zero-order chi connectivity index (χ0) is 32.8. The highest BCUT2D eigenvalue weighted by Gasteiger charge is 2.56. The van der Waals surface area contributed by atoms with Crippen LogP contribution in [-0.2, 0) is 16.8 Å². The van der Waals surface area contributed by atoms with E-state index in [9.17, 15) is 32.3 Å². The smallest absolute Gasteiger partial charge is 0.424 e. The standard InChI is InChI=1S/C29H27F4N7O5/c1-3-45-25-18(14-23(34)41)13-22(39-24(25)16-4-7-19(30)8-5-16)28(43,29(31,32)33)15-36-26(42)17-6-9-21(44-2)20(12-17)38-27-35-10-11-37-40-27/h4-13,43H,3,14-15H2,1-2H3,(H2,34,41)(H,36,42)(H,35,38,40)/t28-/m0/s1. The Bertz CT molecular complexity index is 1670. The van der Waals surface area contributed by atoms with Crippen LogP contribution < -0.4 is 25.8 Å². The van der Waals surface area contributed by atoms with Gasteiger partial charge in [-0.1, -0.05) is 0 Å². The molecule has 45 heavy (non-hydrogen) atoms. The average Bonchev–Trinajstić information content (AvgIpc) is 3.00. The molecule has 12 nitrogen and oxygen atoms in total. The fraction of sp³-hybridized carbons (Fsp3) is 0.241. The van der Waals surface area contributed by atoms with Crippen molar-refractivity contribution in [2.45, 2.75) is 25.1 Å². The van der Waals surface area contributed by atoms with Crippen molar-refractivity contribution in [1.29, 1.82) is 0 Å². The summed E-state index contributed by atoms with van der Waals surface area (Å²) in [4.78, 5) is 33.0. The third-order valence-corrected chi connectivity index (χ3v) is 6.41. The van der Waals surface area contributed by atoms with Crippen molar-refractivity contribution in [3.05, 3.63) is 83.6 Å². The number of anilines is 2. The van der Waals surface area contributed by atoms with E-state index < -0.39 is 48.1 Å². The molecule has 4 aromatic rings. The first-order chi connectivity index (χ1) is 21.4. The van der Waals surface area contributed by atoms with Gasteiger partial charge in [0.15, 0.2) is 0 Å². The number of aliphatic hydroxyl groups is 1. The van der Waals surface area contributed by atoms with Gasteiger partial charge in [0.2, 0.25) is 17.5 Å². The van der Waals surface area contributed by atoms with Gasteiger partial charge in [-0.05, 0) is 55.5 Å². The predicted octanol–water partition coefficient (Wildman–Crippen LogP) is 3.43. The summed E-state index contributed by atoms with van der Waals surface area (Å²) in [6.07, 6.45) is -3.25. The second-order valence-electron chi connectivity index (χ2n) is 9.47. The Kier molecular flexibility index (Phi) is 9.76. The van der Waals surface area contributed by atoms with Crippen molar-refractivity contribution in [2.75, 3.05) is 25.6 Å².